The standard InChI is InChI=1S/C13H26N4O4/c1-9(4-14)5-17-6-10(16-13(20)15-2)3-11(17)7-21-8-12(18)19/h9-11H,3-8,14H2,1-2H3,(H,18,19)(H2,15,16,20)/t9-,10+,11+/m0/s1. The summed E-state index contributed by atoms with van der Waals surface area (Å²) in [5.41, 5.74) is 5.66. The van der Waals surface area contributed by atoms with Gasteiger partial charge in [-0.05, 0) is 18.9 Å². The third kappa shape index (κ3) is 6.28. The Morgan fingerprint density at radius 1 is 1.52 bits per heavy atom. The number of carboxylic acids is 1. The van der Waals surface area contributed by atoms with Gasteiger partial charge in [0, 0.05) is 32.2 Å². The zero-order valence-electron chi connectivity index (χ0n) is 12.7. The number of hydrogen-bond donors (Lipinski definition) is 4. The third-order valence-corrected chi connectivity index (χ3v) is 3.57. The van der Waals surface area contributed by atoms with Crippen LogP contribution in [-0.4, -0.2) is 74.0 Å². The van der Waals surface area contributed by atoms with Crippen molar-refractivity contribution in [2.75, 3.05) is 39.9 Å². The first-order chi connectivity index (χ1) is 9.96. The zero-order chi connectivity index (χ0) is 15.8. The van der Waals surface area contributed by atoms with Crippen molar-refractivity contribution in [2.45, 2.75) is 25.4 Å². The molecule has 3 atom stereocenters. The summed E-state index contributed by atoms with van der Waals surface area (Å²) in [6, 6.07) is -0.0761. The topological polar surface area (TPSA) is 117 Å². The van der Waals surface area contributed by atoms with Gasteiger partial charge in [-0.1, -0.05) is 6.92 Å². The van der Waals surface area contributed by atoms with Crippen LogP contribution in [0, 0.1) is 5.92 Å². The molecule has 8 nitrogen and oxygen atoms in total. The van der Waals surface area contributed by atoms with Crippen molar-refractivity contribution in [3.05, 3.63) is 0 Å². The van der Waals surface area contributed by atoms with E-state index in [0.29, 0.717) is 19.1 Å². The molecule has 0 aliphatic carbocycles. The van der Waals surface area contributed by atoms with Gasteiger partial charge in [-0.15, -0.1) is 0 Å². The largest absolute Gasteiger partial charge is 0.480 e. The van der Waals surface area contributed by atoms with E-state index >= 15 is 0 Å². The molecule has 0 unspecified atom stereocenters. The van der Waals surface area contributed by atoms with Crippen molar-refractivity contribution in [3.8, 4) is 0 Å². The number of carbonyl (C=O) groups excluding carboxylic acids is 1. The number of carboxylic acid groups (broad SMARTS) is 1. The lowest BCUT2D eigenvalue weighted by atomic mass is 10.1. The average Bonchev–Trinajstić information content (AvgIpc) is 2.79. The first kappa shape index (κ1) is 17.7. The van der Waals surface area contributed by atoms with Crippen LogP contribution >= 0.6 is 0 Å². The molecular weight excluding hydrogens is 276 g/mol. The molecule has 0 bridgehead atoms. The molecule has 0 saturated carbocycles. The number of carbonyl (C=O) groups is 2. The van der Waals surface area contributed by atoms with Gasteiger partial charge < -0.3 is 26.2 Å². The van der Waals surface area contributed by atoms with Gasteiger partial charge in [0.2, 0.25) is 0 Å². The highest BCUT2D eigenvalue weighted by molar-refractivity contribution is 5.73. The number of aliphatic carboxylic acids is 1. The van der Waals surface area contributed by atoms with Crippen LogP contribution in [0.15, 0.2) is 0 Å². The molecule has 1 aliphatic rings. The highest BCUT2D eigenvalue weighted by Gasteiger charge is 2.33. The molecule has 0 aromatic heterocycles. The second-order valence-corrected chi connectivity index (χ2v) is 5.51. The van der Waals surface area contributed by atoms with Gasteiger partial charge in [-0.3, -0.25) is 4.90 Å². The molecule has 1 aliphatic heterocycles. The number of nitrogens with two attached hydrogens (primary N) is 1. The Balaban J connectivity index is 2.52. The Hall–Kier alpha value is -1.38. The van der Waals surface area contributed by atoms with Crippen LogP contribution in [0.5, 0.6) is 0 Å². The van der Waals surface area contributed by atoms with Gasteiger partial charge in [0.05, 0.1) is 6.61 Å². The summed E-state index contributed by atoms with van der Waals surface area (Å²) in [7, 11) is 1.58. The molecule has 1 saturated heterocycles. The second-order valence-electron chi connectivity index (χ2n) is 5.51. The van der Waals surface area contributed by atoms with E-state index in [4.69, 9.17) is 15.6 Å². The summed E-state index contributed by atoms with van der Waals surface area (Å²) in [6.45, 7) is 4.23. The summed E-state index contributed by atoms with van der Waals surface area (Å²) in [4.78, 5) is 24.1. The smallest absolute Gasteiger partial charge is 0.329 e. The number of likely N-dealkylation sites (tertiary alicyclic amines) is 1. The molecule has 21 heavy (non-hydrogen) atoms. The minimum absolute atomic E-state index is 0.0355. The monoisotopic (exact) mass is 302 g/mol. The van der Waals surface area contributed by atoms with Crippen LogP contribution in [0.1, 0.15) is 13.3 Å². The van der Waals surface area contributed by atoms with E-state index in [-0.39, 0.29) is 24.7 Å². The van der Waals surface area contributed by atoms with Crippen molar-refractivity contribution in [2.24, 2.45) is 11.7 Å². The first-order valence-electron chi connectivity index (χ1n) is 7.18. The molecule has 1 heterocycles. The number of urea groups is 1. The number of hydrogen-bond acceptors (Lipinski definition) is 5. The van der Waals surface area contributed by atoms with E-state index in [1.165, 1.54) is 0 Å². The van der Waals surface area contributed by atoms with E-state index in [0.717, 1.165) is 19.5 Å². The molecule has 122 valence electrons. The Morgan fingerprint density at radius 2 is 2.24 bits per heavy atom. The van der Waals surface area contributed by atoms with Crippen molar-refractivity contribution in [1.29, 1.82) is 0 Å². The van der Waals surface area contributed by atoms with E-state index in [9.17, 15) is 9.59 Å². The maximum Gasteiger partial charge on any atom is 0.329 e. The SMILES string of the molecule is CNC(=O)N[C@@H]1C[C@H](COCC(=O)O)N(C[C@@H](C)CN)C1. The number of ether oxygens (including phenoxy) is 1. The fraction of sp³-hybridized carbons (Fsp3) is 0.846. The Morgan fingerprint density at radius 3 is 2.81 bits per heavy atom. The van der Waals surface area contributed by atoms with Gasteiger partial charge in [-0.25, -0.2) is 9.59 Å². The molecule has 1 fully saturated rings. The average molecular weight is 302 g/mol. The Bertz CT molecular complexity index is 353. The Kier molecular flexibility index (Phi) is 7.41. The van der Waals surface area contributed by atoms with Crippen molar-refractivity contribution in [1.82, 2.24) is 15.5 Å². The number of rotatable bonds is 8. The van der Waals surface area contributed by atoms with Crippen LogP contribution in [0.25, 0.3) is 0 Å². The van der Waals surface area contributed by atoms with Crippen LogP contribution in [0.4, 0.5) is 4.79 Å². The molecule has 0 spiro atoms. The van der Waals surface area contributed by atoms with E-state index in [2.05, 4.69) is 22.5 Å². The predicted molar refractivity (Wildman–Crippen MR) is 78.0 cm³/mol. The Labute approximate surface area is 125 Å². The summed E-state index contributed by atoms with van der Waals surface area (Å²) < 4.78 is 5.20. The highest BCUT2D eigenvalue weighted by atomic mass is 16.5. The molecule has 5 N–H and O–H groups in total. The highest BCUT2D eigenvalue weighted by Crippen LogP contribution is 2.19. The minimum atomic E-state index is -0.977. The van der Waals surface area contributed by atoms with E-state index in [1.807, 2.05) is 0 Å². The molecule has 2 amide bonds. The molecule has 0 aromatic carbocycles. The lowest BCUT2D eigenvalue weighted by Gasteiger charge is -2.26. The van der Waals surface area contributed by atoms with Crippen LogP contribution in [0.2, 0.25) is 0 Å². The predicted octanol–water partition coefficient (Wildman–Crippen LogP) is -0.946. The summed E-state index contributed by atoms with van der Waals surface area (Å²) >= 11 is 0. The van der Waals surface area contributed by atoms with Crippen molar-refractivity contribution < 1.29 is 19.4 Å². The van der Waals surface area contributed by atoms with Crippen molar-refractivity contribution >= 4 is 12.0 Å². The normalized spacial score (nSPS) is 23.8. The lowest BCUT2D eigenvalue weighted by Crippen LogP contribution is -2.42. The number of amides is 2. The second kappa shape index (κ2) is 8.81. The van der Waals surface area contributed by atoms with Crippen LogP contribution < -0.4 is 16.4 Å². The summed E-state index contributed by atoms with van der Waals surface area (Å²) in [6.07, 6.45) is 0.740. The number of nitrogens with one attached hydrogen (secondary N) is 2. The fourth-order valence-corrected chi connectivity index (χ4v) is 2.50. The number of nitrogens with zero attached hydrogens (tertiary/aromatic N) is 1. The molecule has 0 radical (unpaired) electrons. The van der Waals surface area contributed by atoms with Gasteiger partial charge in [0.25, 0.3) is 0 Å². The minimum Gasteiger partial charge on any atom is -0.480 e. The van der Waals surface area contributed by atoms with Crippen molar-refractivity contribution in [3.63, 3.8) is 0 Å². The summed E-state index contributed by atoms with van der Waals surface area (Å²) in [5, 5.41) is 14.0. The lowest BCUT2D eigenvalue weighted by molar-refractivity contribution is -0.142. The molecular formula is C13H26N4O4. The zero-order valence-corrected chi connectivity index (χ0v) is 12.7. The van der Waals surface area contributed by atoms with Gasteiger partial charge >= 0.3 is 12.0 Å². The van der Waals surface area contributed by atoms with E-state index < -0.39 is 5.97 Å². The van der Waals surface area contributed by atoms with E-state index in [1.54, 1.807) is 7.05 Å². The first-order valence-corrected chi connectivity index (χ1v) is 7.18. The third-order valence-electron chi connectivity index (χ3n) is 3.57. The molecule has 1 rings (SSSR count). The van der Waals surface area contributed by atoms with Crippen LogP contribution in [-0.2, 0) is 9.53 Å². The van der Waals surface area contributed by atoms with Gasteiger partial charge in [0.15, 0.2) is 0 Å². The summed E-state index contributed by atoms with van der Waals surface area (Å²) in [5.74, 6) is -0.638. The molecule has 8 heteroatoms. The maximum absolute atomic E-state index is 11.4. The van der Waals surface area contributed by atoms with Gasteiger partial charge in [0.1, 0.15) is 6.61 Å². The van der Waals surface area contributed by atoms with Gasteiger partial charge in [-0.2, -0.15) is 0 Å². The maximum atomic E-state index is 11.4. The quantitative estimate of drug-likeness (QED) is 0.459. The molecule has 0 aromatic rings. The fourth-order valence-electron chi connectivity index (χ4n) is 2.50. The van der Waals surface area contributed by atoms with Crippen LogP contribution in [0.3, 0.4) is 0 Å².